The summed E-state index contributed by atoms with van der Waals surface area (Å²) >= 11 is 1.92. The Morgan fingerprint density at radius 2 is 1.84 bits per heavy atom. The molecule has 1 amide bonds. The number of H-pyrrole nitrogens is 1. The van der Waals surface area contributed by atoms with E-state index in [-0.39, 0.29) is 48.6 Å². The Labute approximate surface area is 250 Å². The number of nitrogens with zero attached hydrogens (tertiary/aromatic N) is 1. The molecule has 0 bridgehead atoms. The van der Waals surface area contributed by atoms with Crippen molar-refractivity contribution in [1.82, 2.24) is 4.90 Å². The molecule has 2 aliphatic carbocycles. The van der Waals surface area contributed by atoms with E-state index in [1.54, 1.807) is 0 Å². The van der Waals surface area contributed by atoms with Crippen LogP contribution < -0.4 is 52.8 Å². The molecule has 4 aliphatic rings. The van der Waals surface area contributed by atoms with Gasteiger partial charge in [0.15, 0.2) is 5.69 Å². The zero-order valence-electron chi connectivity index (χ0n) is 22.4. The second kappa shape index (κ2) is 13.6. The third-order valence-electron chi connectivity index (χ3n) is 9.79. The molecular formula is C29H43Cl3N4OS. The summed E-state index contributed by atoms with van der Waals surface area (Å²) in [6.07, 6.45) is 12.4. The number of hydrogen-bond donors (Lipinski definition) is 2. The topological polar surface area (TPSA) is 67.7 Å². The maximum atomic E-state index is 14.5. The number of quaternary nitrogens is 2. The number of benzene rings is 1. The van der Waals surface area contributed by atoms with Gasteiger partial charge in [0.2, 0.25) is 5.91 Å². The Hall–Kier alpha value is -0.890. The summed E-state index contributed by atoms with van der Waals surface area (Å²) in [5, 5.41) is 5.90. The summed E-state index contributed by atoms with van der Waals surface area (Å²) in [6.45, 7) is 2.96. The van der Waals surface area contributed by atoms with Gasteiger partial charge in [-0.25, -0.2) is 0 Å². The summed E-state index contributed by atoms with van der Waals surface area (Å²) in [7, 11) is 2.12. The number of nitrogens with one attached hydrogen (secondary N) is 1. The van der Waals surface area contributed by atoms with Crippen LogP contribution in [0, 0.1) is 11.8 Å². The van der Waals surface area contributed by atoms with Crippen molar-refractivity contribution in [1.29, 1.82) is 0 Å². The van der Waals surface area contributed by atoms with Crippen LogP contribution in [0.4, 0.5) is 5.13 Å². The minimum atomic E-state index is 0. The molecule has 2 aromatic rings. The van der Waals surface area contributed by atoms with Crippen LogP contribution in [-0.2, 0) is 16.6 Å². The van der Waals surface area contributed by atoms with E-state index in [2.05, 4.69) is 57.9 Å². The summed E-state index contributed by atoms with van der Waals surface area (Å²) in [5.74, 6) is 1.87. The van der Waals surface area contributed by atoms with E-state index in [1.165, 1.54) is 66.2 Å². The summed E-state index contributed by atoms with van der Waals surface area (Å²) in [5.41, 5.74) is 2.91. The number of likely N-dealkylation sites (tertiary alicyclic amines) is 1. The first-order valence-corrected chi connectivity index (χ1v) is 15.0. The summed E-state index contributed by atoms with van der Waals surface area (Å²) in [4.78, 5) is 22.1. The molecule has 212 valence electrons. The molecule has 1 aromatic heterocycles. The fourth-order valence-corrected chi connectivity index (χ4v) is 9.33. The Balaban J connectivity index is 0.00000133. The second-order valence-electron chi connectivity index (χ2n) is 11.6. The number of piperidine rings is 1. The number of rotatable bonds is 4. The molecule has 4 atom stereocenters. The lowest BCUT2D eigenvalue weighted by atomic mass is 9.68. The number of thiazole rings is 1. The van der Waals surface area contributed by atoms with Crippen LogP contribution in [0.1, 0.15) is 79.8 Å². The Kier molecular flexibility index (Phi) is 11.4. The number of aryl methyl sites for hydroxylation is 1. The van der Waals surface area contributed by atoms with Crippen molar-refractivity contribution in [3.63, 3.8) is 0 Å². The van der Waals surface area contributed by atoms with Crippen LogP contribution in [0.5, 0.6) is 0 Å². The SMILES string of the molecule is C[NH2+]c1[nH+]c2c(s1)[C@]1(CCC2)C[NH2+]C[C@H]1C(=O)N1CC[C@@H](c2ccccc2)C[C@H]1C1CCCCC1.[Cl-].[Cl-].[Cl-]. The smallest absolute Gasteiger partial charge is 0.425 e. The van der Waals surface area contributed by atoms with E-state index in [1.807, 2.05) is 11.3 Å². The van der Waals surface area contributed by atoms with Gasteiger partial charge in [-0.15, -0.1) is 0 Å². The quantitative estimate of drug-likeness (QED) is 0.360. The zero-order chi connectivity index (χ0) is 23.8. The van der Waals surface area contributed by atoms with Crippen LogP contribution in [0.25, 0.3) is 0 Å². The average Bonchev–Trinajstić information content (AvgIpc) is 3.54. The minimum absolute atomic E-state index is 0. The van der Waals surface area contributed by atoms with Crippen LogP contribution in [0.2, 0.25) is 0 Å². The van der Waals surface area contributed by atoms with Gasteiger partial charge in [-0.1, -0.05) is 49.6 Å². The Bertz CT molecular complexity index is 1050. The van der Waals surface area contributed by atoms with Crippen molar-refractivity contribution in [2.24, 2.45) is 11.8 Å². The highest BCUT2D eigenvalue weighted by Crippen LogP contribution is 2.47. The van der Waals surface area contributed by atoms with Crippen LogP contribution >= 0.6 is 11.3 Å². The lowest BCUT2D eigenvalue weighted by Crippen LogP contribution is -3.00. The predicted octanol–water partition coefficient (Wildman–Crippen LogP) is -6.48. The largest absolute Gasteiger partial charge is 1.00 e. The number of nitrogens with two attached hydrogens (primary N) is 2. The van der Waals surface area contributed by atoms with Gasteiger partial charge < -0.3 is 47.4 Å². The third-order valence-corrected chi connectivity index (χ3v) is 11.2. The number of halogens is 3. The fourth-order valence-electron chi connectivity index (χ4n) is 8.01. The first kappa shape index (κ1) is 31.6. The highest BCUT2D eigenvalue weighted by molar-refractivity contribution is 7.14. The lowest BCUT2D eigenvalue weighted by Gasteiger charge is -2.46. The monoisotopic (exact) mass is 600 g/mol. The zero-order valence-corrected chi connectivity index (χ0v) is 25.5. The Morgan fingerprint density at radius 1 is 1.08 bits per heavy atom. The molecule has 5 nitrogen and oxygen atoms in total. The van der Waals surface area contributed by atoms with Crippen molar-refractivity contribution in [2.75, 3.05) is 26.7 Å². The van der Waals surface area contributed by atoms with Gasteiger partial charge in [-0.2, -0.15) is 4.98 Å². The molecule has 2 aliphatic heterocycles. The number of fused-ring (bicyclic) bond motifs is 2. The molecular weight excluding hydrogens is 559 g/mol. The number of hydrogen-bond acceptors (Lipinski definition) is 2. The minimum Gasteiger partial charge on any atom is -1.00 e. The maximum absolute atomic E-state index is 14.5. The number of carbonyl (C=O) groups is 1. The average molecular weight is 602 g/mol. The second-order valence-corrected chi connectivity index (χ2v) is 12.7. The van der Waals surface area contributed by atoms with E-state index < -0.39 is 0 Å². The predicted molar refractivity (Wildman–Crippen MR) is 139 cm³/mol. The third kappa shape index (κ3) is 5.77. The molecule has 0 radical (unpaired) electrons. The van der Waals surface area contributed by atoms with Crippen LogP contribution in [0.3, 0.4) is 0 Å². The van der Waals surface area contributed by atoms with Gasteiger partial charge in [-0.3, -0.25) is 10.1 Å². The molecule has 5 N–H and O–H groups in total. The molecule has 1 spiro atoms. The molecule has 3 heterocycles. The van der Waals surface area contributed by atoms with Crippen molar-refractivity contribution >= 4 is 22.4 Å². The van der Waals surface area contributed by atoms with E-state index in [0.717, 1.165) is 38.9 Å². The molecule has 0 unspecified atom stereocenters. The summed E-state index contributed by atoms with van der Waals surface area (Å²) in [6, 6.07) is 11.5. The molecule has 38 heavy (non-hydrogen) atoms. The van der Waals surface area contributed by atoms with E-state index in [4.69, 9.17) is 0 Å². The highest BCUT2D eigenvalue weighted by atomic mass is 35.5. The number of amides is 1. The Morgan fingerprint density at radius 3 is 2.58 bits per heavy atom. The number of aromatic nitrogens is 1. The van der Waals surface area contributed by atoms with Crippen molar-refractivity contribution in [3.05, 3.63) is 46.5 Å². The standard InChI is InChI=1S/C29H40N4OS.3ClH/c1-30-28-32-24-13-8-15-29(26(24)35-28)19-31-18-23(29)27(34)33-16-14-22(20-9-4-2-5-10-20)17-25(33)21-11-6-3-7-12-21;;;/h2,4-5,9-10,21-23,25,31H,3,6-8,11-19H2,1H3,(H,30,32);3*1H/t22-,23+,25+,29-;;;/m1.../s1. The lowest BCUT2D eigenvalue weighted by molar-refractivity contribution is -0.640. The van der Waals surface area contributed by atoms with Gasteiger partial charge >= 0.3 is 5.13 Å². The van der Waals surface area contributed by atoms with E-state index in [9.17, 15) is 4.79 Å². The molecule has 3 fully saturated rings. The first-order valence-electron chi connectivity index (χ1n) is 14.2. The number of carbonyl (C=O) groups excluding carboxylic acids is 1. The number of aromatic amines is 1. The normalized spacial score (nSPS) is 29.1. The fraction of sp³-hybridized carbons (Fsp3) is 0.655. The maximum Gasteiger partial charge on any atom is 0.425 e. The molecule has 6 rings (SSSR count). The van der Waals surface area contributed by atoms with Crippen LogP contribution in [0.15, 0.2) is 30.3 Å². The van der Waals surface area contributed by atoms with Gasteiger partial charge in [0.25, 0.3) is 0 Å². The highest BCUT2D eigenvalue weighted by Gasteiger charge is 2.58. The summed E-state index contributed by atoms with van der Waals surface area (Å²) < 4.78 is 0. The van der Waals surface area contributed by atoms with Gasteiger partial charge in [0.05, 0.1) is 30.4 Å². The van der Waals surface area contributed by atoms with E-state index >= 15 is 0 Å². The first-order chi connectivity index (χ1) is 17.2. The van der Waals surface area contributed by atoms with Gasteiger partial charge in [0.1, 0.15) is 5.92 Å². The van der Waals surface area contributed by atoms with Crippen molar-refractivity contribution < 1.29 is 57.6 Å². The van der Waals surface area contributed by atoms with Crippen molar-refractivity contribution in [2.45, 2.75) is 81.6 Å². The van der Waals surface area contributed by atoms with Crippen molar-refractivity contribution in [3.8, 4) is 0 Å². The van der Waals surface area contributed by atoms with Gasteiger partial charge in [0, 0.05) is 19.0 Å². The van der Waals surface area contributed by atoms with E-state index in [0.29, 0.717) is 23.8 Å². The van der Waals surface area contributed by atoms with Gasteiger partial charge in [-0.05, 0) is 67.3 Å². The van der Waals surface area contributed by atoms with Crippen LogP contribution in [-0.4, -0.2) is 43.5 Å². The molecule has 1 saturated carbocycles. The molecule has 1 aromatic carbocycles. The molecule has 9 heteroatoms. The molecule has 2 saturated heterocycles.